The first-order valence-corrected chi connectivity index (χ1v) is 11.4. The number of halogens is 1. The standard InChI is InChI=1S/C24H39N3O3.HI/c1-25-23(27-18-24(14-15-28-2)12-6-7-13-24)26-17-19-10-11-21(22(16-19)29-3)30-20-8-4-5-9-20;/h10-11,16,20H,4-9,12-15,17-18H2,1-3H3,(H2,25,26,27);1H. The summed E-state index contributed by atoms with van der Waals surface area (Å²) in [5, 5.41) is 6.99. The van der Waals surface area contributed by atoms with Crippen molar-refractivity contribution in [1.82, 2.24) is 10.6 Å². The molecule has 2 aliphatic carbocycles. The Kier molecular flexibility index (Phi) is 11.2. The summed E-state index contributed by atoms with van der Waals surface area (Å²) in [5.74, 6) is 2.48. The number of hydrogen-bond acceptors (Lipinski definition) is 4. The Morgan fingerprint density at radius 2 is 1.81 bits per heavy atom. The Balaban J connectivity index is 0.00000341. The average Bonchev–Trinajstić information content (AvgIpc) is 3.46. The van der Waals surface area contributed by atoms with Crippen LogP contribution in [0, 0.1) is 5.41 Å². The molecule has 0 atom stereocenters. The molecule has 2 fully saturated rings. The van der Waals surface area contributed by atoms with Crippen molar-refractivity contribution in [2.45, 2.75) is 70.4 Å². The van der Waals surface area contributed by atoms with E-state index in [2.05, 4.69) is 27.8 Å². The van der Waals surface area contributed by atoms with Crippen LogP contribution in [0.5, 0.6) is 11.5 Å². The van der Waals surface area contributed by atoms with Gasteiger partial charge in [0.15, 0.2) is 17.5 Å². The molecule has 6 nitrogen and oxygen atoms in total. The van der Waals surface area contributed by atoms with Gasteiger partial charge < -0.3 is 24.8 Å². The molecule has 0 bridgehead atoms. The van der Waals surface area contributed by atoms with Crippen LogP contribution in [0.1, 0.15) is 63.4 Å². The van der Waals surface area contributed by atoms with Gasteiger partial charge in [0.2, 0.25) is 0 Å². The third kappa shape index (κ3) is 7.70. The quantitative estimate of drug-likeness (QED) is 0.249. The lowest BCUT2D eigenvalue weighted by Crippen LogP contribution is -2.43. The van der Waals surface area contributed by atoms with Crippen molar-refractivity contribution in [3.05, 3.63) is 23.8 Å². The highest BCUT2D eigenvalue weighted by Gasteiger charge is 2.33. The highest BCUT2D eigenvalue weighted by Crippen LogP contribution is 2.40. The monoisotopic (exact) mass is 545 g/mol. The summed E-state index contributed by atoms with van der Waals surface area (Å²) in [7, 11) is 5.31. The second kappa shape index (κ2) is 13.4. The highest BCUT2D eigenvalue weighted by atomic mass is 127. The average molecular weight is 546 g/mol. The van der Waals surface area contributed by atoms with Crippen molar-refractivity contribution in [2.75, 3.05) is 34.4 Å². The molecule has 31 heavy (non-hydrogen) atoms. The summed E-state index contributed by atoms with van der Waals surface area (Å²) in [5.41, 5.74) is 1.47. The van der Waals surface area contributed by atoms with Gasteiger partial charge in [-0.25, -0.2) is 0 Å². The van der Waals surface area contributed by atoms with Crippen LogP contribution in [0.3, 0.4) is 0 Å². The zero-order chi connectivity index (χ0) is 21.2. The highest BCUT2D eigenvalue weighted by molar-refractivity contribution is 14.0. The number of rotatable bonds is 10. The number of nitrogens with zero attached hydrogens (tertiary/aromatic N) is 1. The number of nitrogens with one attached hydrogen (secondary N) is 2. The number of ether oxygens (including phenoxy) is 3. The molecular weight excluding hydrogens is 505 g/mol. The van der Waals surface area contributed by atoms with Gasteiger partial charge in [0.1, 0.15) is 0 Å². The molecule has 0 amide bonds. The SMILES string of the molecule is CN=C(NCc1ccc(OC2CCCC2)c(OC)c1)NCC1(CCOC)CCCC1.I. The molecule has 0 heterocycles. The molecule has 2 saturated carbocycles. The minimum Gasteiger partial charge on any atom is -0.493 e. The summed E-state index contributed by atoms with van der Waals surface area (Å²) in [6.07, 6.45) is 11.4. The first-order chi connectivity index (χ1) is 14.7. The molecule has 0 spiro atoms. The van der Waals surface area contributed by atoms with Gasteiger partial charge in [-0.2, -0.15) is 0 Å². The van der Waals surface area contributed by atoms with E-state index >= 15 is 0 Å². The van der Waals surface area contributed by atoms with E-state index in [0.29, 0.717) is 18.1 Å². The summed E-state index contributed by atoms with van der Waals surface area (Å²) < 4.78 is 17.1. The Morgan fingerprint density at radius 3 is 2.45 bits per heavy atom. The summed E-state index contributed by atoms with van der Waals surface area (Å²) in [4.78, 5) is 4.41. The predicted octanol–water partition coefficient (Wildman–Crippen LogP) is 4.90. The fraction of sp³-hybridized carbons (Fsp3) is 0.708. The van der Waals surface area contributed by atoms with Crippen LogP contribution in [-0.4, -0.2) is 46.5 Å². The van der Waals surface area contributed by atoms with Crippen LogP contribution in [-0.2, 0) is 11.3 Å². The topological polar surface area (TPSA) is 64.1 Å². The largest absolute Gasteiger partial charge is 0.493 e. The van der Waals surface area contributed by atoms with Crippen LogP contribution < -0.4 is 20.1 Å². The summed E-state index contributed by atoms with van der Waals surface area (Å²) >= 11 is 0. The zero-order valence-electron chi connectivity index (χ0n) is 19.4. The van der Waals surface area contributed by atoms with Crippen molar-refractivity contribution in [1.29, 1.82) is 0 Å². The van der Waals surface area contributed by atoms with Crippen LogP contribution in [0.2, 0.25) is 0 Å². The molecule has 0 aliphatic heterocycles. The van der Waals surface area contributed by atoms with E-state index in [9.17, 15) is 0 Å². The van der Waals surface area contributed by atoms with Gasteiger partial charge in [0.25, 0.3) is 0 Å². The van der Waals surface area contributed by atoms with Gasteiger partial charge in [-0.05, 0) is 68.1 Å². The molecule has 2 N–H and O–H groups in total. The Hall–Kier alpha value is -1.22. The normalized spacial score (nSPS) is 18.5. The van der Waals surface area contributed by atoms with Gasteiger partial charge in [0.05, 0.1) is 13.2 Å². The van der Waals surface area contributed by atoms with Crippen molar-refractivity contribution >= 4 is 29.9 Å². The molecule has 1 aromatic rings. The molecule has 0 radical (unpaired) electrons. The van der Waals surface area contributed by atoms with Crippen molar-refractivity contribution < 1.29 is 14.2 Å². The van der Waals surface area contributed by atoms with E-state index in [4.69, 9.17) is 14.2 Å². The van der Waals surface area contributed by atoms with Crippen molar-refractivity contribution in [2.24, 2.45) is 10.4 Å². The Morgan fingerprint density at radius 1 is 1.06 bits per heavy atom. The van der Waals surface area contributed by atoms with E-state index in [1.54, 1.807) is 14.2 Å². The maximum absolute atomic E-state index is 6.15. The third-order valence-corrected chi connectivity index (χ3v) is 6.64. The number of benzene rings is 1. The van der Waals surface area contributed by atoms with E-state index < -0.39 is 0 Å². The van der Waals surface area contributed by atoms with Gasteiger partial charge in [-0.15, -0.1) is 24.0 Å². The summed E-state index contributed by atoms with van der Waals surface area (Å²) in [6.45, 7) is 2.45. The van der Waals surface area contributed by atoms with E-state index in [1.165, 1.54) is 38.5 Å². The van der Waals surface area contributed by atoms with E-state index in [1.807, 2.05) is 13.1 Å². The second-order valence-electron chi connectivity index (χ2n) is 8.74. The molecule has 3 rings (SSSR count). The van der Waals surface area contributed by atoms with Crippen LogP contribution in [0.15, 0.2) is 23.2 Å². The lowest BCUT2D eigenvalue weighted by molar-refractivity contribution is 0.138. The predicted molar refractivity (Wildman–Crippen MR) is 137 cm³/mol. The van der Waals surface area contributed by atoms with Gasteiger partial charge >= 0.3 is 0 Å². The Labute approximate surface area is 204 Å². The minimum atomic E-state index is 0. The molecule has 0 unspecified atom stereocenters. The smallest absolute Gasteiger partial charge is 0.191 e. The molecule has 1 aromatic carbocycles. The fourth-order valence-electron chi connectivity index (χ4n) is 4.74. The number of methoxy groups -OCH3 is 2. The molecule has 0 aromatic heterocycles. The number of aliphatic imine (C=N–C) groups is 1. The van der Waals surface area contributed by atoms with Crippen molar-refractivity contribution in [3.63, 3.8) is 0 Å². The summed E-state index contributed by atoms with van der Waals surface area (Å²) in [6, 6.07) is 6.19. The van der Waals surface area contributed by atoms with E-state index in [-0.39, 0.29) is 24.0 Å². The molecule has 2 aliphatic rings. The maximum Gasteiger partial charge on any atom is 0.191 e. The van der Waals surface area contributed by atoms with Crippen molar-refractivity contribution in [3.8, 4) is 11.5 Å². The maximum atomic E-state index is 6.15. The fourth-order valence-corrected chi connectivity index (χ4v) is 4.74. The minimum absolute atomic E-state index is 0. The number of guanidine groups is 1. The van der Waals surface area contributed by atoms with Gasteiger partial charge in [-0.3, -0.25) is 4.99 Å². The second-order valence-corrected chi connectivity index (χ2v) is 8.74. The zero-order valence-corrected chi connectivity index (χ0v) is 21.7. The number of hydrogen-bond donors (Lipinski definition) is 2. The molecule has 176 valence electrons. The first kappa shape index (κ1) is 26.0. The van der Waals surface area contributed by atoms with Gasteiger partial charge in [-0.1, -0.05) is 18.9 Å². The molecule has 0 saturated heterocycles. The lowest BCUT2D eigenvalue weighted by Gasteiger charge is -2.30. The van der Waals surface area contributed by atoms with E-state index in [0.717, 1.165) is 55.4 Å². The van der Waals surface area contributed by atoms with Crippen LogP contribution >= 0.6 is 24.0 Å². The van der Waals surface area contributed by atoms with Crippen LogP contribution in [0.25, 0.3) is 0 Å². The van der Waals surface area contributed by atoms with Crippen LogP contribution in [0.4, 0.5) is 0 Å². The lowest BCUT2D eigenvalue weighted by atomic mass is 9.83. The Bertz CT molecular complexity index is 687. The van der Waals surface area contributed by atoms with Gasteiger partial charge in [0, 0.05) is 33.9 Å². The molecule has 7 heteroatoms. The third-order valence-electron chi connectivity index (χ3n) is 6.64. The first-order valence-electron chi connectivity index (χ1n) is 11.4. The molecular formula is C24H40IN3O3.